The molecule has 0 unspecified atom stereocenters. The summed E-state index contributed by atoms with van der Waals surface area (Å²) in [6.45, 7) is 9.98. The molecule has 0 atom stereocenters. The fourth-order valence-electron chi connectivity index (χ4n) is 3.15. The van der Waals surface area contributed by atoms with Gasteiger partial charge in [-0.15, -0.1) is 0 Å². The molecule has 1 amide bonds. The maximum atomic E-state index is 11.6. The molecule has 92 valence electrons. The van der Waals surface area contributed by atoms with Gasteiger partial charge in [-0.1, -0.05) is 13.8 Å². The lowest BCUT2D eigenvalue weighted by atomic mass is 9.72. The summed E-state index contributed by atoms with van der Waals surface area (Å²) in [6, 6.07) is 0. The molecule has 0 radical (unpaired) electrons. The van der Waals surface area contributed by atoms with Crippen molar-refractivity contribution in [1.29, 1.82) is 0 Å². The van der Waals surface area contributed by atoms with Gasteiger partial charge < -0.3 is 9.80 Å². The van der Waals surface area contributed by atoms with Crippen LogP contribution in [-0.4, -0.2) is 48.4 Å². The zero-order valence-electron chi connectivity index (χ0n) is 10.7. The summed E-state index contributed by atoms with van der Waals surface area (Å²) >= 11 is 0. The van der Waals surface area contributed by atoms with E-state index in [4.69, 9.17) is 0 Å². The minimum Gasteiger partial charge on any atom is -0.343 e. The van der Waals surface area contributed by atoms with Gasteiger partial charge in [0.2, 0.25) is 5.91 Å². The van der Waals surface area contributed by atoms with Gasteiger partial charge in [0, 0.05) is 32.6 Å². The monoisotopic (exact) mass is 224 g/mol. The van der Waals surface area contributed by atoms with E-state index >= 15 is 0 Å². The lowest BCUT2D eigenvalue weighted by molar-refractivity contribution is -0.135. The molecule has 2 aliphatic rings. The Balaban J connectivity index is 1.76. The predicted octanol–water partition coefficient (Wildman–Crippen LogP) is 1.73. The highest BCUT2D eigenvalue weighted by atomic mass is 16.2. The van der Waals surface area contributed by atoms with Gasteiger partial charge in [-0.2, -0.15) is 0 Å². The number of carbonyl (C=O) groups is 1. The Hall–Kier alpha value is -0.570. The van der Waals surface area contributed by atoms with Crippen molar-refractivity contribution < 1.29 is 4.79 Å². The van der Waals surface area contributed by atoms with Crippen molar-refractivity contribution in [3.05, 3.63) is 0 Å². The van der Waals surface area contributed by atoms with Gasteiger partial charge in [-0.25, -0.2) is 0 Å². The number of nitrogens with zero attached hydrogens (tertiary/aromatic N) is 2. The second-order valence-electron chi connectivity index (χ2n) is 5.44. The van der Waals surface area contributed by atoms with Crippen LogP contribution in [0, 0.1) is 5.41 Å². The Morgan fingerprint density at radius 1 is 1.19 bits per heavy atom. The molecule has 2 aliphatic heterocycles. The van der Waals surface area contributed by atoms with E-state index in [0.29, 0.717) is 17.7 Å². The molecule has 3 heteroatoms. The fourth-order valence-corrected chi connectivity index (χ4v) is 3.15. The quantitative estimate of drug-likeness (QED) is 0.729. The third-order valence-corrected chi connectivity index (χ3v) is 4.14. The van der Waals surface area contributed by atoms with Gasteiger partial charge in [-0.3, -0.25) is 4.79 Å². The topological polar surface area (TPSA) is 23.6 Å². The van der Waals surface area contributed by atoms with Gasteiger partial charge in [-0.05, 0) is 31.2 Å². The van der Waals surface area contributed by atoms with Gasteiger partial charge in [0.05, 0.1) is 0 Å². The minimum atomic E-state index is 0.333. The summed E-state index contributed by atoms with van der Waals surface area (Å²) in [5, 5.41) is 0. The van der Waals surface area contributed by atoms with Crippen LogP contribution in [0.25, 0.3) is 0 Å². The van der Waals surface area contributed by atoms with Gasteiger partial charge >= 0.3 is 0 Å². The lowest BCUT2D eigenvalue weighted by Crippen LogP contribution is -2.60. The molecule has 0 aromatic heterocycles. The molecule has 2 heterocycles. The zero-order valence-corrected chi connectivity index (χ0v) is 10.7. The molecule has 0 aromatic rings. The Kier molecular flexibility index (Phi) is 3.53. The van der Waals surface area contributed by atoms with Crippen LogP contribution in [0.1, 0.15) is 39.5 Å². The molecular weight excluding hydrogens is 200 g/mol. The SMILES string of the molecule is CCCN1CC2(CCN(C(=O)CC)CC2)C1. The highest BCUT2D eigenvalue weighted by Gasteiger charge is 2.44. The van der Waals surface area contributed by atoms with E-state index in [9.17, 15) is 4.79 Å². The first-order valence-corrected chi connectivity index (χ1v) is 6.69. The summed E-state index contributed by atoms with van der Waals surface area (Å²) in [5.41, 5.74) is 0.569. The zero-order chi connectivity index (χ0) is 11.6. The smallest absolute Gasteiger partial charge is 0.222 e. The second kappa shape index (κ2) is 4.74. The van der Waals surface area contributed by atoms with E-state index in [1.807, 2.05) is 11.8 Å². The normalized spacial score (nSPS) is 24.5. The Morgan fingerprint density at radius 2 is 1.81 bits per heavy atom. The van der Waals surface area contributed by atoms with Crippen LogP contribution in [0.15, 0.2) is 0 Å². The van der Waals surface area contributed by atoms with E-state index in [-0.39, 0.29) is 0 Å². The maximum absolute atomic E-state index is 11.6. The third kappa shape index (κ3) is 2.24. The van der Waals surface area contributed by atoms with Crippen LogP contribution in [-0.2, 0) is 4.79 Å². The third-order valence-electron chi connectivity index (χ3n) is 4.14. The molecule has 2 rings (SSSR count). The Bertz CT molecular complexity index is 249. The number of piperidine rings is 1. The van der Waals surface area contributed by atoms with E-state index in [2.05, 4.69) is 11.8 Å². The summed E-state index contributed by atoms with van der Waals surface area (Å²) in [4.78, 5) is 16.2. The first kappa shape index (κ1) is 11.9. The van der Waals surface area contributed by atoms with Crippen LogP contribution >= 0.6 is 0 Å². The van der Waals surface area contributed by atoms with Crippen LogP contribution in [0.5, 0.6) is 0 Å². The highest BCUT2D eigenvalue weighted by Crippen LogP contribution is 2.40. The van der Waals surface area contributed by atoms with Crippen LogP contribution in [0.2, 0.25) is 0 Å². The Morgan fingerprint density at radius 3 is 2.31 bits per heavy atom. The first-order valence-electron chi connectivity index (χ1n) is 6.69. The maximum Gasteiger partial charge on any atom is 0.222 e. The van der Waals surface area contributed by atoms with Gasteiger partial charge in [0.25, 0.3) is 0 Å². The molecular formula is C13H24N2O. The van der Waals surface area contributed by atoms with Crippen LogP contribution < -0.4 is 0 Å². The average molecular weight is 224 g/mol. The minimum absolute atomic E-state index is 0.333. The molecule has 2 saturated heterocycles. The standard InChI is InChI=1S/C13H24N2O/c1-3-7-14-10-13(11-14)5-8-15(9-6-13)12(16)4-2/h3-11H2,1-2H3. The second-order valence-corrected chi connectivity index (χ2v) is 5.44. The van der Waals surface area contributed by atoms with Crippen LogP contribution in [0.4, 0.5) is 0 Å². The number of carbonyl (C=O) groups excluding carboxylic acids is 1. The molecule has 0 aromatic carbocycles. The van der Waals surface area contributed by atoms with Crippen molar-refractivity contribution in [3.63, 3.8) is 0 Å². The molecule has 2 fully saturated rings. The summed E-state index contributed by atoms with van der Waals surface area (Å²) in [7, 11) is 0. The van der Waals surface area contributed by atoms with Crippen molar-refractivity contribution in [1.82, 2.24) is 9.80 Å². The summed E-state index contributed by atoms with van der Waals surface area (Å²) < 4.78 is 0. The molecule has 0 saturated carbocycles. The average Bonchev–Trinajstić information content (AvgIpc) is 2.27. The first-order chi connectivity index (χ1) is 7.69. The van der Waals surface area contributed by atoms with Crippen LogP contribution in [0.3, 0.4) is 0 Å². The van der Waals surface area contributed by atoms with Gasteiger partial charge in [0.15, 0.2) is 0 Å². The number of amides is 1. The van der Waals surface area contributed by atoms with Crippen molar-refractivity contribution >= 4 is 5.91 Å². The molecule has 1 spiro atoms. The number of hydrogen-bond donors (Lipinski definition) is 0. The molecule has 0 bridgehead atoms. The molecule has 3 nitrogen and oxygen atoms in total. The number of likely N-dealkylation sites (tertiary alicyclic amines) is 2. The van der Waals surface area contributed by atoms with E-state index in [1.54, 1.807) is 0 Å². The Labute approximate surface area is 98.8 Å². The number of rotatable bonds is 3. The van der Waals surface area contributed by atoms with Crippen molar-refractivity contribution in [2.24, 2.45) is 5.41 Å². The highest BCUT2D eigenvalue weighted by molar-refractivity contribution is 5.75. The molecule has 0 aliphatic carbocycles. The summed E-state index contributed by atoms with van der Waals surface area (Å²) in [5.74, 6) is 0.333. The van der Waals surface area contributed by atoms with E-state index in [1.165, 1.54) is 38.9 Å². The fraction of sp³-hybridized carbons (Fsp3) is 0.923. The van der Waals surface area contributed by atoms with Crippen molar-refractivity contribution in [2.45, 2.75) is 39.5 Å². The van der Waals surface area contributed by atoms with Crippen molar-refractivity contribution in [3.8, 4) is 0 Å². The van der Waals surface area contributed by atoms with Gasteiger partial charge in [0.1, 0.15) is 0 Å². The van der Waals surface area contributed by atoms with Crippen molar-refractivity contribution in [2.75, 3.05) is 32.7 Å². The van der Waals surface area contributed by atoms with E-state index < -0.39 is 0 Å². The molecule has 16 heavy (non-hydrogen) atoms. The predicted molar refractivity (Wildman–Crippen MR) is 65.3 cm³/mol. The summed E-state index contributed by atoms with van der Waals surface area (Å²) in [6.07, 6.45) is 4.36. The molecule has 0 N–H and O–H groups in total. The number of hydrogen-bond acceptors (Lipinski definition) is 2. The largest absolute Gasteiger partial charge is 0.343 e. The lowest BCUT2D eigenvalue weighted by Gasteiger charge is -2.54. The van der Waals surface area contributed by atoms with E-state index in [0.717, 1.165) is 13.1 Å².